The van der Waals surface area contributed by atoms with Crippen LogP contribution in [0.2, 0.25) is 0 Å². The van der Waals surface area contributed by atoms with Crippen LogP contribution < -0.4 is 5.32 Å². The van der Waals surface area contributed by atoms with E-state index < -0.39 is 0 Å². The molecule has 0 aliphatic carbocycles. The van der Waals surface area contributed by atoms with Gasteiger partial charge in [-0.3, -0.25) is 4.79 Å². The highest BCUT2D eigenvalue weighted by atomic mass is 79.9. The molecule has 0 bridgehead atoms. The Morgan fingerprint density at radius 3 is 2.88 bits per heavy atom. The smallest absolute Gasteiger partial charge is 0.254 e. The van der Waals surface area contributed by atoms with E-state index in [-0.39, 0.29) is 24.5 Å². The Morgan fingerprint density at radius 2 is 2.31 bits per heavy atom. The van der Waals surface area contributed by atoms with Gasteiger partial charge in [0.25, 0.3) is 5.91 Å². The summed E-state index contributed by atoms with van der Waals surface area (Å²) in [6.45, 7) is 3.79. The van der Waals surface area contributed by atoms with E-state index in [4.69, 9.17) is 5.11 Å². The Morgan fingerprint density at radius 1 is 1.62 bits per heavy atom. The van der Waals surface area contributed by atoms with Crippen molar-refractivity contribution in [3.63, 3.8) is 0 Å². The van der Waals surface area contributed by atoms with Gasteiger partial charge in [-0.2, -0.15) is 0 Å². The molecule has 88 valence electrons. The molecule has 1 rings (SSSR count). The topological polar surface area (TPSA) is 62.2 Å². The van der Waals surface area contributed by atoms with Crippen LogP contribution in [0.1, 0.15) is 24.2 Å². The van der Waals surface area contributed by atoms with Crippen molar-refractivity contribution in [3.8, 4) is 0 Å². The number of amides is 1. The van der Waals surface area contributed by atoms with Crippen LogP contribution in [-0.4, -0.2) is 28.6 Å². The van der Waals surface area contributed by atoms with Crippen LogP contribution in [0.5, 0.6) is 0 Å². The molecule has 2 atom stereocenters. The normalized spacial score (nSPS) is 14.2. The molecule has 0 fully saturated rings. The molecule has 1 aromatic heterocycles. The van der Waals surface area contributed by atoms with Crippen molar-refractivity contribution in [2.75, 3.05) is 6.61 Å². The van der Waals surface area contributed by atoms with Crippen molar-refractivity contribution in [3.05, 3.63) is 28.5 Å². The summed E-state index contributed by atoms with van der Waals surface area (Å²) in [7, 11) is 0. The Bertz CT molecular complexity index is 371. The number of carbonyl (C=O) groups excluding carboxylic acids is 1. The zero-order valence-corrected chi connectivity index (χ0v) is 10.9. The Kier molecular flexibility index (Phi) is 4.89. The lowest BCUT2D eigenvalue weighted by molar-refractivity contribution is 0.0915. The van der Waals surface area contributed by atoms with E-state index in [2.05, 4.69) is 26.2 Å². The molecule has 4 nitrogen and oxygen atoms in total. The first-order chi connectivity index (χ1) is 7.56. The summed E-state index contributed by atoms with van der Waals surface area (Å²) in [5, 5.41) is 11.8. The number of hydrogen-bond donors (Lipinski definition) is 2. The van der Waals surface area contributed by atoms with Gasteiger partial charge >= 0.3 is 0 Å². The molecule has 0 radical (unpaired) electrons. The van der Waals surface area contributed by atoms with Crippen LogP contribution in [0.25, 0.3) is 0 Å². The van der Waals surface area contributed by atoms with E-state index in [0.29, 0.717) is 10.2 Å². The highest BCUT2D eigenvalue weighted by Crippen LogP contribution is 2.13. The Hall–Kier alpha value is -0.940. The number of aliphatic hydroxyl groups excluding tert-OH is 1. The molecule has 0 spiro atoms. The number of pyridine rings is 1. The third kappa shape index (κ3) is 3.28. The maximum absolute atomic E-state index is 11.8. The molecule has 0 aliphatic rings. The molecular formula is C11H15BrN2O2. The van der Waals surface area contributed by atoms with Gasteiger partial charge in [0.1, 0.15) is 4.60 Å². The standard InChI is InChI=1S/C11H15BrN2O2/c1-7(6-15)8(2)14-11(16)9-4-3-5-13-10(9)12/h3-5,7-8,15H,6H2,1-2H3,(H,14,16). The molecule has 0 aromatic carbocycles. The van der Waals surface area contributed by atoms with Gasteiger partial charge in [0, 0.05) is 18.8 Å². The van der Waals surface area contributed by atoms with Crippen LogP contribution in [0, 0.1) is 5.92 Å². The SMILES string of the molecule is CC(CO)C(C)NC(=O)c1cccnc1Br. The quantitative estimate of drug-likeness (QED) is 0.827. The first-order valence-corrected chi connectivity index (χ1v) is 5.87. The van der Waals surface area contributed by atoms with Gasteiger partial charge in [0.2, 0.25) is 0 Å². The second kappa shape index (κ2) is 5.96. The highest BCUT2D eigenvalue weighted by Gasteiger charge is 2.16. The lowest BCUT2D eigenvalue weighted by Gasteiger charge is -2.19. The van der Waals surface area contributed by atoms with Crippen molar-refractivity contribution in [1.29, 1.82) is 0 Å². The summed E-state index contributed by atoms with van der Waals surface area (Å²) in [6.07, 6.45) is 1.61. The number of carbonyl (C=O) groups is 1. The summed E-state index contributed by atoms with van der Waals surface area (Å²) in [6, 6.07) is 3.33. The van der Waals surface area contributed by atoms with E-state index in [9.17, 15) is 4.79 Å². The molecule has 16 heavy (non-hydrogen) atoms. The summed E-state index contributed by atoms with van der Waals surface area (Å²) in [4.78, 5) is 15.8. The lowest BCUT2D eigenvalue weighted by atomic mass is 10.0. The molecule has 2 unspecified atom stereocenters. The average molecular weight is 287 g/mol. The third-order valence-corrected chi connectivity index (χ3v) is 3.14. The minimum atomic E-state index is -0.187. The van der Waals surface area contributed by atoms with Gasteiger partial charge in [-0.15, -0.1) is 0 Å². The fraction of sp³-hybridized carbons (Fsp3) is 0.455. The second-order valence-electron chi connectivity index (χ2n) is 3.76. The number of hydrogen-bond acceptors (Lipinski definition) is 3. The number of halogens is 1. The van der Waals surface area contributed by atoms with Gasteiger partial charge in [-0.05, 0) is 40.9 Å². The van der Waals surface area contributed by atoms with Gasteiger partial charge < -0.3 is 10.4 Å². The fourth-order valence-corrected chi connectivity index (χ4v) is 1.57. The van der Waals surface area contributed by atoms with Crippen molar-refractivity contribution >= 4 is 21.8 Å². The lowest BCUT2D eigenvalue weighted by Crippen LogP contribution is -2.38. The highest BCUT2D eigenvalue weighted by molar-refractivity contribution is 9.10. The second-order valence-corrected chi connectivity index (χ2v) is 4.51. The molecule has 5 heteroatoms. The van der Waals surface area contributed by atoms with Crippen LogP contribution in [0.15, 0.2) is 22.9 Å². The molecule has 1 aromatic rings. The van der Waals surface area contributed by atoms with E-state index >= 15 is 0 Å². The van der Waals surface area contributed by atoms with Crippen molar-refractivity contribution < 1.29 is 9.90 Å². The maximum atomic E-state index is 11.8. The van der Waals surface area contributed by atoms with E-state index in [0.717, 1.165) is 0 Å². The van der Waals surface area contributed by atoms with Crippen LogP contribution in [0.3, 0.4) is 0 Å². The van der Waals surface area contributed by atoms with Crippen LogP contribution in [0.4, 0.5) is 0 Å². The maximum Gasteiger partial charge on any atom is 0.254 e. The molecule has 2 N–H and O–H groups in total. The van der Waals surface area contributed by atoms with E-state index in [1.807, 2.05) is 13.8 Å². The third-order valence-electron chi connectivity index (χ3n) is 2.50. The van der Waals surface area contributed by atoms with Gasteiger partial charge in [0.05, 0.1) is 5.56 Å². The molecular weight excluding hydrogens is 272 g/mol. The average Bonchev–Trinajstić information content (AvgIpc) is 2.28. The number of nitrogens with zero attached hydrogens (tertiary/aromatic N) is 1. The zero-order chi connectivity index (χ0) is 12.1. The monoisotopic (exact) mass is 286 g/mol. The first-order valence-electron chi connectivity index (χ1n) is 5.08. The van der Waals surface area contributed by atoms with Crippen LogP contribution in [-0.2, 0) is 0 Å². The van der Waals surface area contributed by atoms with E-state index in [1.165, 1.54) is 0 Å². The fourth-order valence-electron chi connectivity index (χ4n) is 1.14. The molecule has 0 aliphatic heterocycles. The van der Waals surface area contributed by atoms with Gasteiger partial charge in [0.15, 0.2) is 0 Å². The predicted octanol–water partition coefficient (Wildman–Crippen LogP) is 1.59. The molecule has 0 saturated heterocycles. The summed E-state index contributed by atoms with van der Waals surface area (Å²) in [5.74, 6) is -0.160. The first kappa shape index (κ1) is 13.1. The van der Waals surface area contributed by atoms with Gasteiger partial charge in [-0.1, -0.05) is 6.92 Å². The largest absolute Gasteiger partial charge is 0.396 e. The predicted molar refractivity (Wildman–Crippen MR) is 65.1 cm³/mol. The Labute approximate surface area is 103 Å². The number of aliphatic hydroxyl groups is 1. The summed E-state index contributed by atoms with van der Waals surface area (Å²) < 4.78 is 0.524. The molecule has 1 heterocycles. The van der Waals surface area contributed by atoms with E-state index in [1.54, 1.807) is 18.3 Å². The minimum Gasteiger partial charge on any atom is -0.396 e. The summed E-state index contributed by atoms with van der Waals surface area (Å²) in [5.41, 5.74) is 0.500. The molecule has 1 amide bonds. The van der Waals surface area contributed by atoms with Crippen molar-refractivity contribution in [2.45, 2.75) is 19.9 Å². The van der Waals surface area contributed by atoms with Crippen molar-refractivity contribution in [1.82, 2.24) is 10.3 Å². The number of aromatic nitrogens is 1. The van der Waals surface area contributed by atoms with Gasteiger partial charge in [-0.25, -0.2) is 4.98 Å². The molecule has 0 saturated carbocycles. The summed E-state index contributed by atoms with van der Waals surface area (Å²) >= 11 is 3.22. The van der Waals surface area contributed by atoms with Crippen molar-refractivity contribution in [2.24, 2.45) is 5.92 Å². The number of rotatable bonds is 4. The zero-order valence-electron chi connectivity index (χ0n) is 9.27. The van der Waals surface area contributed by atoms with Crippen LogP contribution >= 0.6 is 15.9 Å². The Balaban J connectivity index is 2.70. The minimum absolute atomic E-state index is 0.0272. The number of nitrogens with one attached hydrogen (secondary N) is 1.